The highest BCUT2D eigenvalue weighted by molar-refractivity contribution is 5.66. The topological polar surface area (TPSA) is 49.8 Å². The fraction of sp³-hybridized carbons (Fsp3) is 0.462. The molecule has 4 nitrogen and oxygen atoms in total. The summed E-state index contributed by atoms with van der Waals surface area (Å²) in [5.41, 5.74) is 0.544. The lowest BCUT2D eigenvalue weighted by molar-refractivity contribution is -0.137. The number of benzene rings is 1. The van der Waals surface area contributed by atoms with E-state index in [2.05, 4.69) is 0 Å². The van der Waals surface area contributed by atoms with E-state index in [1.54, 1.807) is 12.1 Å². The third-order valence-electron chi connectivity index (χ3n) is 2.74. The standard InChI is InChI=1S/C13H18FNO3/c1-3-15(7-6-13(16)17)9-10-4-5-11(18-2)8-12(10)14/h4-5,8H,3,6-7,9H2,1-2H3,(H,16,17). The normalized spacial score (nSPS) is 10.7. The van der Waals surface area contributed by atoms with Crippen LogP contribution in [-0.4, -0.2) is 36.2 Å². The predicted octanol–water partition coefficient (Wildman–Crippen LogP) is 2.13. The number of halogens is 1. The molecule has 18 heavy (non-hydrogen) atoms. The van der Waals surface area contributed by atoms with Gasteiger partial charge in [-0.15, -0.1) is 0 Å². The van der Waals surface area contributed by atoms with Crippen LogP contribution in [0.4, 0.5) is 4.39 Å². The molecular formula is C13H18FNO3. The van der Waals surface area contributed by atoms with Crippen LogP contribution in [0.25, 0.3) is 0 Å². The van der Waals surface area contributed by atoms with Gasteiger partial charge in [-0.2, -0.15) is 0 Å². The minimum absolute atomic E-state index is 0.0611. The number of methoxy groups -OCH3 is 1. The van der Waals surface area contributed by atoms with Crippen molar-refractivity contribution in [1.29, 1.82) is 0 Å². The lowest BCUT2D eigenvalue weighted by Gasteiger charge is -2.19. The Hall–Kier alpha value is -1.62. The van der Waals surface area contributed by atoms with Gasteiger partial charge in [0.05, 0.1) is 13.5 Å². The van der Waals surface area contributed by atoms with Gasteiger partial charge in [-0.1, -0.05) is 13.0 Å². The van der Waals surface area contributed by atoms with Gasteiger partial charge in [-0.25, -0.2) is 4.39 Å². The molecule has 5 heteroatoms. The number of nitrogens with zero attached hydrogens (tertiary/aromatic N) is 1. The van der Waals surface area contributed by atoms with Gasteiger partial charge in [0.25, 0.3) is 0 Å². The van der Waals surface area contributed by atoms with Crippen molar-refractivity contribution >= 4 is 5.97 Å². The third-order valence-corrected chi connectivity index (χ3v) is 2.74. The van der Waals surface area contributed by atoms with Gasteiger partial charge in [0.2, 0.25) is 0 Å². The predicted molar refractivity (Wildman–Crippen MR) is 66.2 cm³/mol. The van der Waals surface area contributed by atoms with Crippen molar-refractivity contribution in [3.05, 3.63) is 29.6 Å². The molecule has 0 amide bonds. The summed E-state index contributed by atoms with van der Waals surface area (Å²) in [6.07, 6.45) is 0.0611. The molecule has 100 valence electrons. The van der Waals surface area contributed by atoms with E-state index in [1.165, 1.54) is 13.2 Å². The average Bonchev–Trinajstić information content (AvgIpc) is 2.35. The van der Waals surface area contributed by atoms with Crippen molar-refractivity contribution in [2.75, 3.05) is 20.2 Å². The van der Waals surface area contributed by atoms with Gasteiger partial charge < -0.3 is 9.84 Å². The van der Waals surface area contributed by atoms with E-state index in [0.29, 0.717) is 30.9 Å². The molecule has 0 spiro atoms. The van der Waals surface area contributed by atoms with E-state index < -0.39 is 5.97 Å². The monoisotopic (exact) mass is 255 g/mol. The van der Waals surface area contributed by atoms with Crippen molar-refractivity contribution in [2.45, 2.75) is 19.9 Å². The van der Waals surface area contributed by atoms with E-state index >= 15 is 0 Å². The molecule has 0 heterocycles. The summed E-state index contributed by atoms with van der Waals surface area (Å²) in [5, 5.41) is 8.63. The maximum absolute atomic E-state index is 13.7. The zero-order valence-corrected chi connectivity index (χ0v) is 10.6. The van der Waals surface area contributed by atoms with Crippen LogP contribution in [0, 0.1) is 5.82 Å². The molecule has 0 unspecified atom stereocenters. The molecule has 0 radical (unpaired) electrons. The highest BCUT2D eigenvalue weighted by atomic mass is 19.1. The van der Waals surface area contributed by atoms with E-state index in [4.69, 9.17) is 9.84 Å². The quantitative estimate of drug-likeness (QED) is 0.811. The Balaban J connectivity index is 2.66. The first kappa shape index (κ1) is 14.4. The molecule has 0 aromatic heterocycles. The first-order chi connectivity index (χ1) is 8.56. The Morgan fingerprint density at radius 3 is 2.72 bits per heavy atom. The van der Waals surface area contributed by atoms with Crippen LogP contribution in [0.3, 0.4) is 0 Å². The van der Waals surface area contributed by atoms with Crippen molar-refractivity contribution in [3.8, 4) is 5.75 Å². The molecular weight excluding hydrogens is 237 g/mol. The van der Waals surface area contributed by atoms with Crippen LogP contribution >= 0.6 is 0 Å². The first-order valence-corrected chi connectivity index (χ1v) is 5.83. The Kier molecular flexibility index (Phi) is 5.58. The molecule has 0 saturated heterocycles. The summed E-state index contributed by atoms with van der Waals surface area (Å²) in [6.45, 7) is 3.42. The Morgan fingerprint density at radius 2 is 2.22 bits per heavy atom. The highest BCUT2D eigenvalue weighted by Gasteiger charge is 2.10. The van der Waals surface area contributed by atoms with Crippen LogP contribution < -0.4 is 4.74 Å². The minimum atomic E-state index is -0.844. The molecule has 0 aliphatic rings. The average molecular weight is 255 g/mol. The molecule has 1 aromatic carbocycles. The Morgan fingerprint density at radius 1 is 1.50 bits per heavy atom. The Bertz CT molecular complexity index is 409. The van der Waals surface area contributed by atoms with Gasteiger partial charge in [0, 0.05) is 24.7 Å². The zero-order valence-electron chi connectivity index (χ0n) is 10.6. The summed E-state index contributed by atoms with van der Waals surface area (Å²) >= 11 is 0. The summed E-state index contributed by atoms with van der Waals surface area (Å²) in [4.78, 5) is 12.4. The molecule has 1 rings (SSSR count). The van der Waals surface area contributed by atoms with E-state index in [-0.39, 0.29) is 12.2 Å². The molecule has 0 saturated carbocycles. The van der Waals surface area contributed by atoms with Crippen LogP contribution in [0.2, 0.25) is 0 Å². The smallest absolute Gasteiger partial charge is 0.304 e. The first-order valence-electron chi connectivity index (χ1n) is 5.83. The number of carboxylic acids is 1. The number of hydrogen-bond donors (Lipinski definition) is 1. The van der Waals surface area contributed by atoms with Crippen molar-refractivity contribution < 1.29 is 19.0 Å². The van der Waals surface area contributed by atoms with Gasteiger partial charge in [0.15, 0.2) is 0 Å². The van der Waals surface area contributed by atoms with E-state index in [1.807, 2.05) is 11.8 Å². The molecule has 0 fully saturated rings. The molecule has 1 aromatic rings. The number of carboxylic acid groups (broad SMARTS) is 1. The molecule has 0 atom stereocenters. The fourth-order valence-electron chi connectivity index (χ4n) is 1.63. The fourth-order valence-corrected chi connectivity index (χ4v) is 1.63. The van der Waals surface area contributed by atoms with Crippen molar-refractivity contribution in [2.24, 2.45) is 0 Å². The van der Waals surface area contributed by atoms with Gasteiger partial charge >= 0.3 is 5.97 Å². The number of hydrogen-bond acceptors (Lipinski definition) is 3. The summed E-state index contributed by atoms with van der Waals surface area (Å²) in [7, 11) is 1.49. The number of aliphatic carboxylic acids is 1. The van der Waals surface area contributed by atoms with E-state index in [0.717, 1.165) is 0 Å². The second kappa shape index (κ2) is 6.96. The molecule has 1 N–H and O–H groups in total. The number of carbonyl (C=O) groups is 1. The maximum Gasteiger partial charge on any atom is 0.304 e. The lowest BCUT2D eigenvalue weighted by atomic mass is 10.2. The third kappa shape index (κ3) is 4.33. The zero-order chi connectivity index (χ0) is 13.5. The van der Waals surface area contributed by atoms with Crippen LogP contribution in [0.5, 0.6) is 5.75 Å². The van der Waals surface area contributed by atoms with Gasteiger partial charge in [0.1, 0.15) is 11.6 Å². The largest absolute Gasteiger partial charge is 0.497 e. The summed E-state index contributed by atoms with van der Waals surface area (Å²) in [6, 6.07) is 4.70. The SMILES string of the molecule is CCN(CCC(=O)O)Cc1ccc(OC)cc1F. The minimum Gasteiger partial charge on any atom is -0.497 e. The van der Waals surface area contributed by atoms with Gasteiger partial charge in [-0.05, 0) is 12.6 Å². The highest BCUT2D eigenvalue weighted by Crippen LogP contribution is 2.17. The Labute approximate surface area is 106 Å². The second-order valence-electron chi connectivity index (χ2n) is 3.97. The molecule has 0 bridgehead atoms. The van der Waals surface area contributed by atoms with Crippen LogP contribution in [-0.2, 0) is 11.3 Å². The summed E-state index contributed by atoms with van der Waals surface area (Å²) < 4.78 is 18.6. The lowest BCUT2D eigenvalue weighted by Crippen LogP contribution is -2.26. The van der Waals surface area contributed by atoms with Gasteiger partial charge in [-0.3, -0.25) is 9.69 Å². The van der Waals surface area contributed by atoms with Crippen molar-refractivity contribution in [3.63, 3.8) is 0 Å². The van der Waals surface area contributed by atoms with Crippen molar-refractivity contribution in [1.82, 2.24) is 4.90 Å². The number of rotatable bonds is 7. The second-order valence-corrected chi connectivity index (χ2v) is 3.97. The maximum atomic E-state index is 13.7. The van der Waals surface area contributed by atoms with E-state index in [9.17, 15) is 9.18 Å². The molecule has 0 aliphatic heterocycles. The van der Waals surface area contributed by atoms with Crippen LogP contribution in [0.1, 0.15) is 18.9 Å². The summed E-state index contributed by atoms with van der Waals surface area (Å²) in [5.74, 6) is -0.698. The van der Waals surface area contributed by atoms with Crippen LogP contribution in [0.15, 0.2) is 18.2 Å². The molecule has 0 aliphatic carbocycles. The number of ether oxygens (including phenoxy) is 1.